The average molecular weight is 440 g/mol. The summed E-state index contributed by atoms with van der Waals surface area (Å²) < 4.78 is 5.40. The average Bonchev–Trinajstić information content (AvgIpc) is 2.83. The van der Waals surface area contributed by atoms with Gasteiger partial charge in [-0.25, -0.2) is 0 Å². The monoisotopic (exact) mass is 439 g/mol. The van der Waals surface area contributed by atoms with Gasteiger partial charge in [0.2, 0.25) is 5.91 Å². The van der Waals surface area contributed by atoms with Crippen LogP contribution >= 0.6 is 0 Å². The number of hydrogen-bond donors (Lipinski definition) is 2. The molecule has 1 amide bonds. The van der Waals surface area contributed by atoms with Crippen molar-refractivity contribution in [2.45, 2.75) is 32.4 Å². The third-order valence-corrected chi connectivity index (χ3v) is 5.98. The number of methoxy groups -OCH3 is 1. The topological polar surface area (TPSA) is 67.6 Å². The van der Waals surface area contributed by atoms with E-state index in [0.717, 1.165) is 45.8 Å². The van der Waals surface area contributed by atoms with E-state index < -0.39 is 0 Å². The van der Waals surface area contributed by atoms with E-state index in [0.29, 0.717) is 6.54 Å². The molecule has 5 heteroatoms. The molecule has 2 atom stereocenters. The lowest BCUT2D eigenvalue weighted by atomic mass is 9.89. The van der Waals surface area contributed by atoms with Gasteiger partial charge >= 0.3 is 0 Å². The fraction of sp³-hybridized carbons (Fsp3) is 0.250. The third-order valence-electron chi connectivity index (χ3n) is 5.98. The second-order valence-electron chi connectivity index (χ2n) is 8.26. The number of rotatable bonds is 4. The molecular formula is C28H29N3O2. The van der Waals surface area contributed by atoms with Gasteiger partial charge in [-0.3, -0.25) is 4.79 Å². The first-order valence-electron chi connectivity index (χ1n) is 11.1. The van der Waals surface area contributed by atoms with Crippen molar-refractivity contribution in [3.63, 3.8) is 0 Å². The molecule has 0 radical (unpaired) electrons. The van der Waals surface area contributed by atoms with Gasteiger partial charge < -0.3 is 20.7 Å². The van der Waals surface area contributed by atoms with Crippen molar-refractivity contribution in [3.8, 4) is 28.7 Å². The predicted octanol–water partition coefficient (Wildman–Crippen LogP) is 4.97. The molecule has 4 rings (SSSR count). The van der Waals surface area contributed by atoms with Crippen LogP contribution in [0.2, 0.25) is 0 Å². The molecule has 0 spiro atoms. The number of carbonyl (C=O) groups is 1. The number of ether oxygens (including phenoxy) is 1. The van der Waals surface area contributed by atoms with Crippen LogP contribution < -0.4 is 20.7 Å². The lowest BCUT2D eigenvalue weighted by Gasteiger charge is -2.39. The molecule has 3 aromatic rings. The van der Waals surface area contributed by atoms with Crippen molar-refractivity contribution in [1.29, 1.82) is 0 Å². The molecule has 0 fully saturated rings. The van der Waals surface area contributed by atoms with E-state index in [1.165, 1.54) is 0 Å². The molecule has 3 N–H and O–H groups in total. The van der Waals surface area contributed by atoms with Crippen LogP contribution in [0.5, 0.6) is 5.75 Å². The molecule has 0 unspecified atom stereocenters. The Morgan fingerprint density at radius 1 is 1.12 bits per heavy atom. The highest BCUT2D eigenvalue weighted by Crippen LogP contribution is 2.41. The Morgan fingerprint density at radius 2 is 1.88 bits per heavy atom. The predicted molar refractivity (Wildman–Crippen MR) is 134 cm³/mol. The quantitative estimate of drug-likeness (QED) is 0.563. The van der Waals surface area contributed by atoms with Crippen LogP contribution in [0.15, 0.2) is 66.7 Å². The molecule has 168 valence electrons. The molecule has 0 saturated carbocycles. The maximum absolute atomic E-state index is 12.5. The Hall–Kier alpha value is -3.75. The van der Waals surface area contributed by atoms with Crippen LogP contribution in [0.4, 0.5) is 11.4 Å². The van der Waals surface area contributed by atoms with Crippen LogP contribution in [-0.2, 0) is 4.79 Å². The maximum atomic E-state index is 12.5. The zero-order valence-electron chi connectivity index (χ0n) is 19.3. The van der Waals surface area contributed by atoms with Crippen LogP contribution in [0.25, 0.3) is 11.1 Å². The van der Waals surface area contributed by atoms with E-state index in [9.17, 15) is 4.79 Å². The second-order valence-corrected chi connectivity index (χ2v) is 8.26. The summed E-state index contributed by atoms with van der Waals surface area (Å²) in [5.74, 6) is 6.81. The number of carbonyl (C=O) groups excluding carboxylic acids is 1. The molecule has 0 aliphatic carbocycles. The van der Waals surface area contributed by atoms with Crippen molar-refractivity contribution >= 4 is 17.3 Å². The molecule has 0 aromatic heterocycles. The third kappa shape index (κ3) is 4.87. The zero-order valence-corrected chi connectivity index (χ0v) is 19.3. The number of benzene rings is 3. The van der Waals surface area contributed by atoms with Gasteiger partial charge in [0.05, 0.1) is 19.7 Å². The number of amides is 1. The molecule has 1 aliphatic heterocycles. The number of nitrogens with one attached hydrogen (secondary N) is 1. The van der Waals surface area contributed by atoms with Gasteiger partial charge in [-0.2, -0.15) is 0 Å². The first-order chi connectivity index (χ1) is 16.0. The molecule has 1 heterocycles. The summed E-state index contributed by atoms with van der Waals surface area (Å²) in [5, 5.41) is 3.68. The van der Waals surface area contributed by atoms with E-state index in [4.69, 9.17) is 10.5 Å². The van der Waals surface area contributed by atoms with Gasteiger partial charge in [0.1, 0.15) is 5.75 Å². The fourth-order valence-corrected chi connectivity index (χ4v) is 4.47. The van der Waals surface area contributed by atoms with E-state index >= 15 is 0 Å². The Kier molecular flexibility index (Phi) is 6.67. The number of fused-ring (bicyclic) bond motifs is 1. The number of nitrogens with two attached hydrogens (primary N) is 1. The first kappa shape index (κ1) is 22.4. The molecule has 3 aromatic carbocycles. The highest BCUT2D eigenvalue weighted by Gasteiger charge is 2.32. The van der Waals surface area contributed by atoms with Crippen LogP contribution in [0.3, 0.4) is 0 Å². The van der Waals surface area contributed by atoms with Gasteiger partial charge in [0.25, 0.3) is 0 Å². The van der Waals surface area contributed by atoms with Crippen LogP contribution in [0, 0.1) is 11.8 Å². The van der Waals surface area contributed by atoms with Gasteiger partial charge in [-0.15, -0.1) is 0 Å². The normalized spacial score (nSPS) is 16.9. The highest BCUT2D eigenvalue weighted by atomic mass is 16.5. The summed E-state index contributed by atoms with van der Waals surface area (Å²) >= 11 is 0. The summed E-state index contributed by atoms with van der Waals surface area (Å²) in [6.07, 6.45) is 0.808. The Morgan fingerprint density at radius 3 is 2.58 bits per heavy atom. The SMILES string of the molecule is COc1cccc(-c2ccc3c(c2)[C@H](Nc2ccc(C#CCN)cc2)C[C@H](C)N3C(C)=O)c1. The van der Waals surface area contributed by atoms with E-state index in [-0.39, 0.29) is 18.0 Å². The number of anilines is 2. The second kappa shape index (κ2) is 9.81. The molecule has 5 nitrogen and oxygen atoms in total. The lowest BCUT2D eigenvalue weighted by Crippen LogP contribution is -2.43. The summed E-state index contributed by atoms with van der Waals surface area (Å²) in [4.78, 5) is 14.4. The highest BCUT2D eigenvalue weighted by molar-refractivity contribution is 5.94. The van der Waals surface area contributed by atoms with Crippen molar-refractivity contribution in [2.24, 2.45) is 5.73 Å². The van der Waals surface area contributed by atoms with E-state index in [1.54, 1.807) is 14.0 Å². The molecule has 1 aliphatic rings. The van der Waals surface area contributed by atoms with Gasteiger partial charge in [-0.1, -0.05) is 30.0 Å². The standard InChI is InChI=1S/C28H29N3O2/c1-19-16-27(30-24-12-9-21(10-13-24)6-5-15-29)26-18-23(11-14-28(26)31(19)20(2)32)22-7-4-8-25(17-22)33-3/h4,7-14,17-19,27,30H,15-16,29H2,1-3H3/t19-,27+/m0/s1. The van der Waals surface area contributed by atoms with Crippen molar-refractivity contribution in [1.82, 2.24) is 0 Å². The zero-order chi connectivity index (χ0) is 23.4. The summed E-state index contributed by atoms with van der Waals surface area (Å²) in [7, 11) is 1.67. The molecular weight excluding hydrogens is 410 g/mol. The van der Waals surface area contributed by atoms with Crippen LogP contribution in [-0.4, -0.2) is 25.6 Å². The summed E-state index contributed by atoms with van der Waals surface area (Å²) in [5.41, 5.74) is 11.6. The number of hydrogen-bond acceptors (Lipinski definition) is 4. The van der Waals surface area contributed by atoms with Gasteiger partial charge in [0.15, 0.2) is 0 Å². The maximum Gasteiger partial charge on any atom is 0.224 e. The Bertz CT molecular complexity index is 1210. The van der Waals surface area contributed by atoms with E-state index in [2.05, 4.69) is 48.3 Å². The Balaban J connectivity index is 1.71. The van der Waals surface area contributed by atoms with Gasteiger partial charge in [-0.05, 0) is 78.6 Å². The van der Waals surface area contributed by atoms with Crippen molar-refractivity contribution < 1.29 is 9.53 Å². The van der Waals surface area contributed by atoms with Crippen molar-refractivity contribution in [2.75, 3.05) is 23.9 Å². The molecule has 33 heavy (non-hydrogen) atoms. The molecule has 0 saturated heterocycles. The number of nitrogens with zero attached hydrogens (tertiary/aromatic N) is 1. The minimum absolute atomic E-state index is 0.0548. The molecule has 0 bridgehead atoms. The van der Waals surface area contributed by atoms with Gasteiger partial charge in [0, 0.05) is 29.9 Å². The largest absolute Gasteiger partial charge is 0.497 e. The smallest absolute Gasteiger partial charge is 0.224 e. The Labute approximate surface area is 195 Å². The minimum Gasteiger partial charge on any atom is -0.497 e. The van der Waals surface area contributed by atoms with E-state index in [1.807, 2.05) is 47.4 Å². The summed E-state index contributed by atoms with van der Waals surface area (Å²) in [6.45, 7) is 4.07. The van der Waals surface area contributed by atoms with Crippen molar-refractivity contribution in [3.05, 3.63) is 77.9 Å². The first-order valence-corrected chi connectivity index (χ1v) is 11.1. The minimum atomic E-state index is 0.0548. The lowest BCUT2D eigenvalue weighted by molar-refractivity contribution is -0.117. The fourth-order valence-electron chi connectivity index (χ4n) is 4.47. The van der Waals surface area contributed by atoms with Crippen LogP contribution in [0.1, 0.15) is 37.4 Å². The summed E-state index contributed by atoms with van der Waals surface area (Å²) in [6, 6.07) is 22.6.